The van der Waals surface area contributed by atoms with E-state index in [1.165, 1.54) is 0 Å². The fraction of sp³-hybridized carbons (Fsp3) is 0.357. The van der Waals surface area contributed by atoms with E-state index in [2.05, 4.69) is 42.6 Å². The first-order valence-corrected chi connectivity index (χ1v) is 7.99. The average molecular weight is 369 g/mol. The van der Waals surface area contributed by atoms with Crippen LogP contribution >= 0.6 is 27.5 Å². The maximum Gasteiger partial charge on any atom is 0.152 e. The number of rotatable bonds is 4. The molecule has 0 bridgehead atoms. The van der Waals surface area contributed by atoms with E-state index in [0.717, 1.165) is 33.7 Å². The van der Waals surface area contributed by atoms with Gasteiger partial charge in [-0.2, -0.15) is 0 Å². The van der Waals surface area contributed by atoms with E-state index in [-0.39, 0.29) is 5.38 Å². The Morgan fingerprint density at radius 1 is 1.38 bits per heavy atom. The van der Waals surface area contributed by atoms with Crippen LogP contribution in [0.5, 0.6) is 0 Å². The predicted octanol–water partition coefficient (Wildman–Crippen LogP) is 3.76. The maximum absolute atomic E-state index is 6.30. The highest BCUT2D eigenvalue weighted by Crippen LogP contribution is 2.27. The highest BCUT2D eigenvalue weighted by atomic mass is 79.9. The van der Waals surface area contributed by atoms with Crippen LogP contribution in [0.25, 0.3) is 11.0 Å². The van der Waals surface area contributed by atoms with Gasteiger partial charge in [-0.1, -0.05) is 15.9 Å². The topological polar surface area (TPSA) is 48.5 Å². The number of fused-ring (bicyclic) bond motifs is 1. The molecule has 1 aromatic carbocycles. The van der Waals surface area contributed by atoms with Gasteiger partial charge in [-0.15, -0.1) is 21.8 Å². The third-order valence-corrected chi connectivity index (χ3v) is 4.12. The van der Waals surface area contributed by atoms with Crippen molar-refractivity contribution < 1.29 is 0 Å². The number of hydrogen-bond donors (Lipinski definition) is 0. The minimum absolute atomic E-state index is 0.172. The summed E-state index contributed by atoms with van der Waals surface area (Å²) in [7, 11) is 0. The summed E-state index contributed by atoms with van der Waals surface area (Å²) in [6.07, 6.45) is 1.74. The van der Waals surface area contributed by atoms with Crippen LogP contribution in [0.2, 0.25) is 0 Å². The molecule has 0 radical (unpaired) electrons. The van der Waals surface area contributed by atoms with Crippen molar-refractivity contribution in [3.63, 3.8) is 0 Å². The fourth-order valence-corrected chi connectivity index (χ4v) is 2.91. The number of hydrogen-bond acceptors (Lipinski definition) is 3. The van der Waals surface area contributed by atoms with Gasteiger partial charge in [0.15, 0.2) is 5.82 Å². The highest BCUT2D eigenvalue weighted by molar-refractivity contribution is 9.10. The third-order valence-electron chi connectivity index (χ3n) is 3.43. The van der Waals surface area contributed by atoms with Crippen LogP contribution in [0.4, 0.5) is 0 Å². The minimum Gasteiger partial charge on any atom is -0.319 e. The van der Waals surface area contributed by atoms with E-state index in [4.69, 9.17) is 11.6 Å². The number of nitrogens with zero attached hydrogens (tertiary/aromatic N) is 5. The number of benzene rings is 1. The van der Waals surface area contributed by atoms with Gasteiger partial charge >= 0.3 is 0 Å². The van der Waals surface area contributed by atoms with Gasteiger partial charge in [0.05, 0.1) is 23.0 Å². The Balaban J connectivity index is 2.13. The van der Waals surface area contributed by atoms with E-state index < -0.39 is 0 Å². The van der Waals surface area contributed by atoms with Crippen molar-refractivity contribution in [1.82, 2.24) is 24.3 Å². The second kappa shape index (κ2) is 5.77. The molecule has 0 spiro atoms. The van der Waals surface area contributed by atoms with Crippen LogP contribution < -0.4 is 0 Å². The molecule has 0 saturated carbocycles. The summed E-state index contributed by atoms with van der Waals surface area (Å²) < 4.78 is 5.13. The molecule has 110 valence electrons. The molecule has 2 heterocycles. The molecular formula is C14H15BrClN5. The third kappa shape index (κ3) is 2.70. The van der Waals surface area contributed by atoms with Gasteiger partial charge < -0.3 is 9.13 Å². The summed E-state index contributed by atoms with van der Waals surface area (Å²) in [4.78, 5) is 4.65. The lowest BCUT2D eigenvalue weighted by Gasteiger charge is -2.10. The lowest BCUT2D eigenvalue weighted by Crippen LogP contribution is -2.10. The van der Waals surface area contributed by atoms with Gasteiger partial charge in [0.2, 0.25) is 0 Å². The van der Waals surface area contributed by atoms with Crippen molar-refractivity contribution in [2.24, 2.45) is 0 Å². The average Bonchev–Trinajstić information content (AvgIpc) is 3.03. The van der Waals surface area contributed by atoms with E-state index >= 15 is 0 Å². The zero-order valence-electron chi connectivity index (χ0n) is 11.8. The van der Waals surface area contributed by atoms with Gasteiger partial charge in [0, 0.05) is 11.0 Å². The van der Waals surface area contributed by atoms with Crippen molar-refractivity contribution in [2.75, 3.05) is 0 Å². The number of aryl methyl sites for hydroxylation is 1. The first kappa shape index (κ1) is 14.5. The largest absolute Gasteiger partial charge is 0.319 e. The summed E-state index contributed by atoms with van der Waals surface area (Å²) in [5.41, 5.74) is 1.97. The first-order valence-electron chi connectivity index (χ1n) is 6.76. The van der Waals surface area contributed by atoms with Crippen molar-refractivity contribution in [3.05, 3.63) is 40.6 Å². The Morgan fingerprint density at radius 2 is 2.19 bits per heavy atom. The molecule has 0 aliphatic carbocycles. The molecule has 0 aliphatic heterocycles. The molecule has 5 nitrogen and oxygen atoms in total. The summed E-state index contributed by atoms with van der Waals surface area (Å²) >= 11 is 9.77. The van der Waals surface area contributed by atoms with Crippen LogP contribution in [0.3, 0.4) is 0 Å². The molecular weight excluding hydrogens is 354 g/mol. The monoisotopic (exact) mass is 367 g/mol. The van der Waals surface area contributed by atoms with E-state index in [9.17, 15) is 0 Å². The standard InChI is InChI=1S/C14H15BrClN5/c1-3-20-8-17-19-13(20)7-21-12-5-4-10(15)6-11(12)18-14(21)9(2)16/h4-6,8-9H,3,7H2,1-2H3. The van der Waals surface area contributed by atoms with Crippen molar-refractivity contribution in [1.29, 1.82) is 0 Å². The Morgan fingerprint density at radius 3 is 2.90 bits per heavy atom. The van der Waals surface area contributed by atoms with Crippen LogP contribution in [-0.2, 0) is 13.1 Å². The number of aromatic nitrogens is 5. The first-order chi connectivity index (χ1) is 10.1. The molecule has 3 rings (SSSR count). The van der Waals surface area contributed by atoms with Crippen LogP contribution in [-0.4, -0.2) is 24.3 Å². The Labute approximate surface area is 136 Å². The highest BCUT2D eigenvalue weighted by Gasteiger charge is 2.17. The van der Waals surface area contributed by atoms with Gasteiger partial charge in [-0.3, -0.25) is 0 Å². The van der Waals surface area contributed by atoms with Gasteiger partial charge in [0.1, 0.15) is 12.2 Å². The fourth-order valence-electron chi connectivity index (χ4n) is 2.40. The maximum atomic E-state index is 6.30. The lowest BCUT2D eigenvalue weighted by molar-refractivity contribution is 0.639. The number of alkyl halides is 1. The second-order valence-electron chi connectivity index (χ2n) is 4.84. The molecule has 0 amide bonds. The molecule has 21 heavy (non-hydrogen) atoms. The second-order valence-corrected chi connectivity index (χ2v) is 6.41. The molecule has 0 N–H and O–H groups in total. The zero-order valence-corrected chi connectivity index (χ0v) is 14.1. The minimum atomic E-state index is -0.172. The van der Waals surface area contributed by atoms with E-state index in [1.807, 2.05) is 29.7 Å². The summed E-state index contributed by atoms with van der Waals surface area (Å²) in [5, 5.41) is 8.01. The summed E-state index contributed by atoms with van der Waals surface area (Å²) in [5.74, 6) is 1.74. The van der Waals surface area contributed by atoms with E-state index in [1.54, 1.807) is 6.33 Å². The molecule has 3 aromatic rings. The quantitative estimate of drug-likeness (QED) is 0.659. The summed E-state index contributed by atoms with van der Waals surface area (Å²) in [6, 6.07) is 6.05. The van der Waals surface area contributed by atoms with Crippen molar-refractivity contribution in [3.8, 4) is 0 Å². The van der Waals surface area contributed by atoms with Crippen LogP contribution in [0.15, 0.2) is 29.0 Å². The predicted molar refractivity (Wildman–Crippen MR) is 86.5 cm³/mol. The molecule has 2 aromatic heterocycles. The molecule has 7 heteroatoms. The Bertz CT molecular complexity index is 777. The smallest absolute Gasteiger partial charge is 0.152 e. The zero-order chi connectivity index (χ0) is 15.0. The molecule has 0 saturated heterocycles. The normalized spacial score (nSPS) is 13.0. The van der Waals surface area contributed by atoms with Crippen molar-refractivity contribution >= 4 is 38.6 Å². The molecule has 0 aliphatic rings. The lowest BCUT2D eigenvalue weighted by atomic mass is 10.3. The van der Waals surface area contributed by atoms with Gasteiger partial charge in [-0.25, -0.2) is 4.98 Å². The van der Waals surface area contributed by atoms with Crippen LogP contribution in [0.1, 0.15) is 30.9 Å². The van der Waals surface area contributed by atoms with Crippen molar-refractivity contribution in [2.45, 2.75) is 32.3 Å². The van der Waals surface area contributed by atoms with Crippen LogP contribution in [0, 0.1) is 0 Å². The van der Waals surface area contributed by atoms with Gasteiger partial charge in [-0.05, 0) is 32.0 Å². The van der Waals surface area contributed by atoms with Gasteiger partial charge in [0.25, 0.3) is 0 Å². The summed E-state index contributed by atoms with van der Waals surface area (Å²) in [6.45, 7) is 5.45. The molecule has 1 atom stereocenters. The van der Waals surface area contributed by atoms with E-state index in [0.29, 0.717) is 6.54 Å². The Kier molecular flexibility index (Phi) is 3.99. The molecule has 1 unspecified atom stereocenters. The number of imidazole rings is 1. The molecule has 0 fully saturated rings. The SMILES string of the molecule is CCn1cnnc1Cn1c(C(C)Cl)nc2cc(Br)ccc21. The Hall–Kier alpha value is -1.40. The number of halogens is 2.